The van der Waals surface area contributed by atoms with Crippen LogP contribution in [0.15, 0.2) is 18.2 Å². The molecule has 0 aliphatic heterocycles. The lowest BCUT2D eigenvalue weighted by atomic mass is 9.83. The number of halogens is 2. The first-order chi connectivity index (χ1) is 11.0. The van der Waals surface area contributed by atoms with Gasteiger partial charge in [-0.2, -0.15) is 0 Å². The average molecular weight is 325 g/mol. The minimum Gasteiger partial charge on any atom is -0.467 e. The molecule has 4 nitrogen and oxygen atoms in total. The Morgan fingerprint density at radius 3 is 2.52 bits per heavy atom. The van der Waals surface area contributed by atoms with E-state index in [1.54, 1.807) is 0 Å². The first kappa shape index (κ1) is 17.4. The monoisotopic (exact) mass is 325 g/mol. The van der Waals surface area contributed by atoms with Crippen molar-refractivity contribution < 1.29 is 23.1 Å². The van der Waals surface area contributed by atoms with Gasteiger partial charge >= 0.3 is 5.97 Å². The van der Waals surface area contributed by atoms with E-state index >= 15 is 0 Å². The minimum atomic E-state index is -0.993. The maximum atomic E-state index is 13.2. The van der Waals surface area contributed by atoms with Crippen LogP contribution in [0.2, 0.25) is 0 Å². The van der Waals surface area contributed by atoms with Gasteiger partial charge in [-0.15, -0.1) is 0 Å². The molecule has 0 spiro atoms. The number of esters is 1. The van der Waals surface area contributed by atoms with Crippen molar-refractivity contribution in [3.05, 3.63) is 35.4 Å². The number of hydrogen-bond acceptors (Lipinski definition) is 3. The van der Waals surface area contributed by atoms with Gasteiger partial charge in [0, 0.05) is 0 Å². The number of benzene rings is 1. The summed E-state index contributed by atoms with van der Waals surface area (Å²) in [5.41, 5.74) is 0.355. The standard InChI is InChI=1S/C17H21F2NO3/c1-23-17(22)16(12-5-3-2-4-6-12)20-15(21)10-11-7-8-13(18)14(19)9-11/h7-9,12,16H,2-6,10H2,1H3,(H,20,21)/t16-/m0/s1. The molecule has 1 atom stereocenters. The van der Waals surface area contributed by atoms with Crippen LogP contribution in [0.25, 0.3) is 0 Å². The predicted octanol–water partition coefficient (Wildman–Crippen LogP) is 2.75. The van der Waals surface area contributed by atoms with E-state index in [0.717, 1.165) is 44.2 Å². The van der Waals surface area contributed by atoms with E-state index < -0.39 is 29.6 Å². The summed E-state index contributed by atoms with van der Waals surface area (Å²) >= 11 is 0. The summed E-state index contributed by atoms with van der Waals surface area (Å²) in [5, 5.41) is 2.69. The fourth-order valence-corrected chi connectivity index (χ4v) is 3.02. The summed E-state index contributed by atoms with van der Waals surface area (Å²) in [6.07, 6.45) is 4.80. The van der Waals surface area contributed by atoms with Gasteiger partial charge in [0.05, 0.1) is 13.5 Å². The minimum absolute atomic E-state index is 0.0603. The molecule has 1 amide bonds. The van der Waals surface area contributed by atoms with E-state index in [0.29, 0.717) is 5.56 Å². The topological polar surface area (TPSA) is 55.4 Å². The number of carbonyl (C=O) groups excluding carboxylic acids is 2. The van der Waals surface area contributed by atoms with Crippen LogP contribution < -0.4 is 5.32 Å². The summed E-state index contributed by atoms with van der Waals surface area (Å²) in [6, 6.07) is 2.64. The summed E-state index contributed by atoms with van der Waals surface area (Å²) in [6.45, 7) is 0. The second-order valence-corrected chi connectivity index (χ2v) is 5.89. The van der Waals surface area contributed by atoms with Gasteiger partial charge < -0.3 is 10.1 Å². The highest BCUT2D eigenvalue weighted by atomic mass is 19.2. The molecule has 1 aliphatic carbocycles. The molecule has 1 N–H and O–H groups in total. The summed E-state index contributed by atoms with van der Waals surface area (Å²) < 4.78 is 30.9. The molecule has 126 valence electrons. The van der Waals surface area contributed by atoms with Gasteiger partial charge in [0.1, 0.15) is 6.04 Å². The third-order valence-corrected chi connectivity index (χ3v) is 4.24. The Labute approximate surface area is 134 Å². The van der Waals surface area contributed by atoms with Crippen molar-refractivity contribution in [1.29, 1.82) is 0 Å². The smallest absolute Gasteiger partial charge is 0.328 e. The molecule has 2 rings (SSSR count). The Bertz CT molecular complexity index is 571. The molecule has 0 aromatic heterocycles. The highest BCUT2D eigenvalue weighted by Crippen LogP contribution is 2.27. The Hall–Kier alpha value is -1.98. The fraction of sp³-hybridized carbons (Fsp3) is 0.529. The van der Waals surface area contributed by atoms with Gasteiger partial charge in [0.15, 0.2) is 11.6 Å². The van der Waals surface area contributed by atoms with Crippen molar-refractivity contribution in [3.8, 4) is 0 Å². The first-order valence-electron chi connectivity index (χ1n) is 7.82. The number of hydrogen-bond donors (Lipinski definition) is 1. The largest absolute Gasteiger partial charge is 0.467 e. The summed E-state index contributed by atoms with van der Waals surface area (Å²) in [4.78, 5) is 24.1. The maximum Gasteiger partial charge on any atom is 0.328 e. The van der Waals surface area contributed by atoms with Crippen LogP contribution in [-0.2, 0) is 20.7 Å². The highest BCUT2D eigenvalue weighted by molar-refractivity contribution is 5.85. The van der Waals surface area contributed by atoms with Crippen LogP contribution in [0, 0.1) is 17.6 Å². The second kappa shape index (κ2) is 8.04. The predicted molar refractivity (Wildman–Crippen MR) is 80.6 cm³/mol. The van der Waals surface area contributed by atoms with Crippen molar-refractivity contribution in [2.45, 2.75) is 44.6 Å². The van der Waals surface area contributed by atoms with Crippen LogP contribution in [0.5, 0.6) is 0 Å². The zero-order chi connectivity index (χ0) is 16.8. The second-order valence-electron chi connectivity index (χ2n) is 5.89. The van der Waals surface area contributed by atoms with Crippen LogP contribution in [0.1, 0.15) is 37.7 Å². The molecule has 0 radical (unpaired) electrons. The van der Waals surface area contributed by atoms with Crippen LogP contribution >= 0.6 is 0 Å². The molecule has 1 saturated carbocycles. The van der Waals surface area contributed by atoms with E-state index in [2.05, 4.69) is 5.32 Å². The van der Waals surface area contributed by atoms with Crippen LogP contribution in [0.4, 0.5) is 8.78 Å². The van der Waals surface area contributed by atoms with E-state index in [9.17, 15) is 18.4 Å². The number of nitrogens with one attached hydrogen (secondary N) is 1. The lowest BCUT2D eigenvalue weighted by molar-refractivity contribution is -0.147. The quantitative estimate of drug-likeness (QED) is 0.847. The molecule has 1 aromatic rings. The Balaban J connectivity index is 2.01. The van der Waals surface area contributed by atoms with E-state index in [-0.39, 0.29) is 12.3 Å². The fourth-order valence-electron chi connectivity index (χ4n) is 3.02. The van der Waals surface area contributed by atoms with Gasteiger partial charge in [-0.05, 0) is 36.5 Å². The van der Waals surface area contributed by atoms with Gasteiger partial charge in [-0.3, -0.25) is 4.79 Å². The Kier molecular flexibility index (Phi) is 6.07. The van der Waals surface area contributed by atoms with Gasteiger partial charge in [0.25, 0.3) is 0 Å². The molecule has 0 saturated heterocycles. The first-order valence-corrected chi connectivity index (χ1v) is 7.82. The van der Waals surface area contributed by atoms with Crippen molar-refractivity contribution in [3.63, 3.8) is 0 Å². The van der Waals surface area contributed by atoms with Crippen molar-refractivity contribution in [1.82, 2.24) is 5.32 Å². The molecule has 0 heterocycles. The van der Waals surface area contributed by atoms with Crippen molar-refractivity contribution in [2.24, 2.45) is 5.92 Å². The molecular formula is C17H21F2NO3. The van der Waals surface area contributed by atoms with Gasteiger partial charge in [-0.25, -0.2) is 13.6 Å². The van der Waals surface area contributed by atoms with E-state index in [1.165, 1.54) is 13.2 Å². The van der Waals surface area contributed by atoms with Crippen LogP contribution in [-0.4, -0.2) is 25.0 Å². The van der Waals surface area contributed by atoms with Crippen molar-refractivity contribution >= 4 is 11.9 Å². The van der Waals surface area contributed by atoms with Gasteiger partial charge in [0.2, 0.25) is 5.91 Å². The van der Waals surface area contributed by atoms with E-state index in [1.807, 2.05) is 0 Å². The third kappa shape index (κ3) is 4.74. The third-order valence-electron chi connectivity index (χ3n) is 4.24. The number of rotatable bonds is 5. The normalized spacial score (nSPS) is 16.7. The lowest BCUT2D eigenvalue weighted by Gasteiger charge is -2.29. The molecule has 1 aromatic carbocycles. The number of amides is 1. The van der Waals surface area contributed by atoms with Crippen LogP contribution in [0.3, 0.4) is 0 Å². The van der Waals surface area contributed by atoms with Crippen molar-refractivity contribution in [2.75, 3.05) is 7.11 Å². The highest BCUT2D eigenvalue weighted by Gasteiger charge is 2.31. The summed E-state index contributed by atoms with van der Waals surface area (Å²) in [5.74, 6) is -2.76. The SMILES string of the molecule is COC(=O)[C@@H](NC(=O)Cc1ccc(F)c(F)c1)C1CCCCC1. The summed E-state index contributed by atoms with van der Waals surface area (Å²) in [7, 11) is 1.29. The Morgan fingerprint density at radius 1 is 1.22 bits per heavy atom. The molecular weight excluding hydrogens is 304 g/mol. The van der Waals surface area contributed by atoms with Gasteiger partial charge in [-0.1, -0.05) is 25.3 Å². The molecule has 0 unspecified atom stereocenters. The average Bonchev–Trinajstić information content (AvgIpc) is 2.56. The molecule has 1 aliphatic rings. The number of methoxy groups -OCH3 is 1. The number of ether oxygens (including phenoxy) is 1. The van der Waals surface area contributed by atoms with E-state index in [4.69, 9.17) is 4.74 Å². The maximum absolute atomic E-state index is 13.2. The molecule has 1 fully saturated rings. The zero-order valence-corrected chi connectivity index (χ0v) is 13.1. The Morgan fingerprint density at radius 2 is 1.91 bits per heavy atom. The zero-order valence-electron chi connectivity index (χ0n) is 13.1. The molecule has 6 heteroatoms. The lowest BCUT2D eigenvalue weighted by Crippen LogP contribution is -2.47. The molecule has 23 heavy (non-hydrogen) atoms. The molecule has 0 bridgehead atoms. The number of carbonyl (C=O) groups is 2.